The van der Waals surface area contributed by atoms with Gasteiger partial charge in [0.15, 0.2) is 0 Å². The molecule has 0 aliphatic heterocycles. The summed E-state index contributed by atoms with van der Waals surface area (Å²) in [5.74, 6) is -0.785. The van der Waals surface area contributed by atoms with Crippen LogP contribution in [0, 0.1) is 13.8 Å². The highest BCUT2D eigenvalue weighted by molar-refractivity contribution is 7.92. The van der Waals surface area contributed by atoms with Gasteiger partial charge in [-0.2, -0.15) is 0 Å². The molecule has 1 atom stereocenters. The molecule has 1 N–H and O–H groups in total. The second kappa shape index (κ2) is 14.8. The normalized spacial score (nSPS) is 12.3. The van der Waals surface area contributed by atoms with Gasteiger partial charge in [-0.1, -0.05) is 103 Å². The number of sulfonamides is 1. The van der Waals surface area contributed by atoms with Crippen molar-refractivity contribution in [3.63, 3.8) is 0 Å². The minimum atomic E-state index is -4.16. The van der Waals surface area contributed by atoms with E-state index in [-0.39, 0.29) is 23.8 Å². The number of para-hydroxylation sites is 1. The molecule has 0 saturated carbocycles. The molecule has 4 rings (SSSR count). The summed E-state index contributed by atoms with van der Waals surface area (Å²) in [5, 5.41) is 3.07. The minimum absolute atomic E-state index is 0.0911. The third-order valence-corrected chi connectivity index (χ3v) is 9.51. The number of hydrogen-bond donors (Lipinski definition) is 1. The molecular formula is C38H45N3O4S. The Balaban J connectivity index is 1.85. The van der Waals surface area contributed by atoms with Gasteiger partial charge in [0, 0.05) is 18.5 Å². The largest absolute Gasteiger partial charge is 0.350 e. The Morgan fingerprint density at radius 1 is 0.783 bits per heavy atom. The van der Waals surface area contributed by atoms with Crippen LogP contribution in [0.15, 0.2) is 108 Å². The highest BCUT2D eigenvalue weighted by Gasteiger charge is 2.36. The maximum absolute atomic E-state index is 14.7. The van der Waals surface area contributed by atoms with Crippen molar-refractivity contribution in [1.82, 2.24) is 10.2 Å². The number of rotatable bonds is 12. The molecule has 0 radical (unpaired) electrons. The Labute approximate surface area is 274 Å². The zero-order valence-corrected chi connectivity index (χ0v) is 28.5. The van der Waals surface area contributed by atoms with Gasteiger partial charge in [0.2, 0.25) is 11.8 Å². The van der Waals surface area contributed by atoms with E-state index < -0.39 is 34.1 Å². The lowest BCUT2D eigenvalue weighted by Gasteiger charge is -2.35. The van der Waals surface area contributed by atoms with Crippen LogP contribution < -0.4 is 9.62 Å². The lowest BCUT2D eigenvalue weighted by atomic mass is 10.0. The molecule has 0 aromatic heterocycles. The SMILES string of the molecule is CCc1ccccc1N(CC(=O)N(Cc1cccc(C)c1)[C@@H](Cc1ccccc1)C(=O)NC(C)(C)C)S(=O)(=O)c1ccc(C)cc1. The third-order valence-electron chi connectivity index (χ3n) is 7.73. The fourth-order valence-electron chi connectivity index (χ4n) is 5.42. The molecule has 8 heteroatoms. The van der Waals surface area contributed by atoms with E-state index in [1.54, 1.807) is 36.4 Å². The Hall–Kier alpha value is -4.43. The van der Waals surface area contributed by atoms with Gasteiger partial charge in [-0.15, -0.1) is 0 Å². The minimum Gasteiger partial charge on any atom is -0.350 e. The summed E-state index contributed by atoms with van der Waals surface area (Å²) in [4.78, 5) is 30.4. The van der Waals surface area contributed by atoms with Crippen LogP contribution in [-0.2, 0) is 39.0 Å². The van der Waals surface area contributed by atoms with E-state index in [1.165, 1.54) is 9.21 Å². The molecule has 2 amide bonds. The van der Waals surface area contributed by atoms with E-state index in [0.717, 1.165) is 27.8 Å². The smallest absolute Gasteiger partial charge is 0.264 e. The summed E-state index contributed by atoms with van der Waals surface area (Å²) in [6.45, 7) is 11.2. The number of nitrogens with zero attached hydrogens (tertiary/aromatic N) is 2. The number of hydrogen-bond acceptors (Lipinski definition) is 4. The van der Waals surface area contributed by atoms with E-state index in [9.17, 15) is 18.0 Å². The van der Waals surface area contributed by atoms with Gasteiger partial charge in [0.25, 0.3) is 10.0 Å². The van der Waals surface area contributed by atoms with Gasteiger partial charge in [-0.3, -0.25) is 13.9 Å². The topological polar surface area (TPSA) is 86.8 Å². The van der Waals surface area contributed by atoms with Gasteiger partial charge >= 0.3 is 0 Å². The van der Waals surface area contributed by atoms with Gasteiger partial charge in [-0.25, -0.2) is 8.42 Å². The Kier molecular flexibility index (Phi) is 11.1. The molecule has 242 valence electrons. The first-order chi connectivity index (χ1) is 21.8. The van der Waals surface area contributed by atoms with Gasteiger partial charge in [-0.05, 0) is 75.9 Å². The molecule has 0 saturated heterocycles. The summed E-state index contributed by atoms with van der Waals surface area (Å²) in [6.07, 6.45) is 0.832. The van der Waals surface area contributed by atoms with E-state index >= 15 is 0 Å². The lowest BCUT2D eigenvalue weighted by Crippen LogP contribution is -2.56. The van der Waals surface area contributed by atoms with Crippen LogP contribution in [0.3, 0.4) is 0 Å². The molecular weight excluding hydrogens is 595 g/mol. The number of aryl methyl sites for hydroxylation is 3. The predicted octanol–water partition coefficient (Wildman–Crippen LogP) is 6.62. The van der Waals surface area contributed by atoms with Crippen LogP contribution in [0.4, 0.5) is 5.69 Å². The molecule has 0 fully saturated rings. The fraction of sp³-hybridized carbons (Fsp3) is 0.316. The summed E-state index contributed by atoms with van der Waals surface area (Å²) >= 11 is 0. The number of benzene rings is 4. The average molecular weight is 640 g/mol. The van der Waals surface area contributed by atoms with Crippen molar-refractivity contribution in [3.8, 4) is 0 Å². The van der Waals surface area contributed by atoms with E-state index in [1.807, 2.05) is 108 Å². The second-order valence-electron chi connectivity index (χ2n) is 12.8. The van der Waals surface area contributed by atoms with Gasteiger partial charge in [0.1, 0.15) is 12.6 Å². The average Bonchev–Trinajstić information content (AvgIpc) is 3.01. The Bertz CT molecular complexity index is 1750. The van der Waals surface area contributed by atoms with Crippen molar-refractivity contribution in [3.05, 3.63) is 131 Å². The summed E-state index contributed by atoms with van der Waals surface area (Å²) in [6, 6.07) is 30.3. The number of nitrogens with one attached hydrogen (secondary N) is 1. The van der Waals surface area contributed by atoms with Gasteiger partial charge < -0.3 is 10.2 Å². The standard InChI is InChI=1S/C38H45N3O4S/c1-7-32-18-11-12-19-34(32)41(46(44,45)33-22-20-28(2)21-23-33)27-36(42)40(26-31-17-13-14-29(3)24-31)35(37(43)39-38(4,5)6)25-30-15-9-8-10-16-30/h8-24,35H,7,25-27H2,1-6H3,(H,39,43)/t35-/m0/s1. The van der Waals surface area contributed by atoms with Crippen LogP contribution in [0.1, 0.15) is 55.5 Å². The molecule has 0 spiro atoms. The van der Waals surface area contributed by atoms with Crippen LogP contribution in [0.5, 0.6) is 0 Å². The summed E-state index contributed by atoms with van der Waals surface area (Å²) in [7, 11) is -4.16. The zero-order valence-electron chi connectivity index (χ0n) is 27.7. The maximum Gasteiger partial charge on any atom is 0.264 e. The molecule has 4 aromatic carbocycles. The predicted molar refractivity (Wildman–Crippen MR) is 185 cm³/mol. The Morgan fingerprint density at radius 2 is 1.41 bits per heavy atom. The highest BCUT2D eigenvalue weighted by Crippen LogP contribution is 2.29. The first-order valence-electron chi connectivity index (χ1n) is 15.7. The maximum atomic E-state index is 14.7. The van der Waals surface area contributed by atoms with Crippen LogP contribution in [-0.4, -0.2) is 43.3 Å². The lowest BCUT2D eigenvalue weighted by molar-refractivity contribution is -0.140. The molecule has 7 nitrogen and oxygen atoms in total. The van der Waals surface area contributed by atoms with E-state index in [4.69, 9.17) is 0 Å². The molecule has 0 unspecified atom stereocenters. The van der Waals surface area contributed by atoms with Crippen LogP contribution in [0.2, 0.25) is 0 Å². The molecule has 0 bridgehead atoms. The first kappa shape index (κ1) is 34.4. The molecule has 0 aliphatic carbocycles. The van der Waals surface area contributed by atoms with E-state index in [0.29, 0.717) is 12.1 Å². The highest BCUT2D eigenvalue weighted by atomic mass is 32.2. The quantitative estimate of drug-likeness (QED) is 0.189. The monoisotopic (exact) mass is 639 g/mol. The van der Waals surface area contributed by atoms with Crippen molar-refractivity contribution in [2.75, 3.05) is 10.8 Å². The molecule has 0 aliphatic rings. The fourth-order valence-corrected chi connectivity index (χ4v) is 6.87. The summed E-state index contributed by atoms with van der Waals surface area (Å²) in [5.41, 5.74) is 4.36. The van der Waals surface area contributed by atoms with Crippen molar-refractivity contribution >= 4 is 27.5 Å². The number of carbonyl (C=O) groups excluding carboxylic acids is 2. The molecule has 46 heavy (non-hydrogen) atoms. The third kappa shape index (κ3) is 8.85. The van der Waals surface area contributed by atoms with Crippen molar-refractivity contribution in [2.24, 2.45) is 0 Å². The van der Waals surface area contributed by atoms with Gasteiger partial charge in [0.05, 0.1) is 10.6 Å². The zero-order chi connectivity index (χ0) is 33.5. The van der Waals surface area contributed by atoms with Crippen LogP contribution >= 0.6 is 0 Å². The summed E-state index contributed by atoms with van der Waals surface area (Å²) < 4.78 is 29.9. The second-order valence-corrected chi connectivity index (χ2v) is 14.6. The molecule has 4 aromatic rings. The first-order valence-corrected chi connectivity index (χ1v) is 17.1. The van der Waals surface area contributed by atoms with Crippen LogP contribution in [0.25, 0.3) is 0 Å². The number of anilines is 1. The Morgan fingerprint density at radius 3 is 2.04 bits per heavy atom. The molecule has 0 heterocycles. The van der Waals surface area contributed by atoms with E-state index in [2.05, 4.69) is 5.32 Å². The number of amides is 2. The number of carbonyl (C=O) groups is 2. The van der Waals surface area contributed by atoms with Crippen molar-refractivity contribution in [2.45, 2.75) is 77.4 Å². The van der Waals surface area contributed by atoms with Crippen molar-refractivity contribution < 1.29 is 18.0 Å². The van der Waals surface area contributed by atoms with Crippen molar-refractivity contribution in [1.29, 1.82) is 0 Å².